The quantitative estimate of drug-likeness (QED) is 0.814. The molecular formula is C23H27N3O3. The summed E-state index contributed by atoms with van der Waals surface area (Å²) in [5.74, 6) is 1.77. The van der Waals surface area contributed by atoms with Crippen LogP contribution >= 0.6 is 0 Å². The number of anilines is 1. The maximum atomic E-state index is 12.7. The molecule has 0 spiro atoms. The molecule has 4 atom stereocenters. The lowest BCUT2D eigenvalue weighted by molar-refractivity contribution is -0.114. The second-order valence-electron chi connectivity index (χ2n) is 8.04. The third kappa shape index (κ3) is 4.59. The summed E-state index contributed by atoms with van der Waals surface area (Å²) in [7, 11) is 0. The molecule has 3 fully saturated rings. The maximum absolute atomic E-state index is 12.7. The summed E-state index contributed by atoms with van der Waals surface area (Å²) in [6, 6.07) is 15.2. The fraction of sp³-hybridized carbons (Fsp3) is 0.391. The van der Waals surface area contributed by atoms with Gasteiger partial charge in [0, 0.05) is 36.8 Å². The molecule has 6 nitrogen and oxygen atoms in total. The van der Waals surface area contributed by atoms with Crippen LogP contribution in [0.1, 0.15) is 37.0 Å². The highest BCUT2D eigenvalue weighted by atomic mass is 16.5. The largest absolute Gasteiger partial charge is 0.457 e. The summed E-state index contributed by atoms with van der Waals surface area (Å²) in [4.78, 5) is 26.2. The number of piperidine rings is 3. The zero-order chi connectivity index (χ0) is 20.4. The Morgan fingerprint density at radius 3 is 2.24 bits per heavy atom. The Morgan fingerprint density at radius 2 is 1.69 bits per heavy atom. The van der Waals surface area contributed by atoms with Gasteiger partial charge in [-0.1, -0.05) is 0 Å². The van der Waals surface area contributed by atoms with Crippen LogP contribution in [-0.4, -0.2) is 41.9 Å². The Morgan fingerprint density at radius 1 is 1.03 bits per heavy atom. The average Bonchev–Trinajstić information content (AvgIpc) is 2.70. The lowest BCUT2D eigenvalue weighted by atomic mass is 9.80. The predicted molar refractivity (Wildman–Crippen MR) is 112 cm³/mol. The van der Waals surface area contributed by atoms with Crippen molar-refractivity contribution in [1.29, 1.82) is 0 Å². The Labute approximate surface area is 171 Å². The average molecular weight is 393 g/mol. The highest BCUT2D eigenvalue weighted by Crippen LogP contribution is 2.32. The first kappa shape index (κ1) is 19.5. The van der Waals surface area contributed by atoms with Gasteiger partial charge in [-0.2, -0.15) is 0 Å². The zero-order valence-corrected chi connectivity index (χ0v) is 16.9. The molecule has 152 valence electrons. The number of nitrogens with one attached hydrogen (secondary N) is 2. The number of carbonyl (C=O) groups excluding carboxylic acids is 2. The van der Waals surface area contributed by atoms with Crippen molar-refractivity contribution in [3.05, 3.63) is 54.1 Å². The van der Waals surface area contributed by atoms with Crippen LogP contribution in [0.15, 0.2) is 48.5 Å². The van der Waals surface area contributed by atoms with Crippen molar-refractivity contribution in [1.82, 2.24) is 10.2 Å². The van der Waals surface area contributed by atoms with Crippen molar-refractivity contribution in [2.45, 2.75) is 38.8 Å². The molecule has 2 aromatic carbocycles. The lowest BCUT2D eigenvalue weighted by Crippen LogP contribution is -2.60. The lowest BCUT2D eigenvalue weighted by Gasteiger charge is -2.48. The van der Waals surface area contributed by atoms with Gasteiger partial charge in [-0.15, -0.1) is 0 Å². The van der Waals surface area contributed by atoms with Crippen molar-refractivity contribution in [3.8, 4) is 11.5 Å². The Kier molecular flexibility index (Phi) is 5.53. The second-order valence-corrected chi connectivity index (χ2v) is 8.04. The van der Waals surface area contributed by atoms with E-state index >= 15 is 0 Å². The fourth-order valence-electron chi connectivity index (χ4n) is 4.33. The molecule has 6 heteroatoms. The van der Waals surface area contributed by atoms with E-state index in [9.17, 15) is 9.59 Å². The normalized spacial score (nSPS) is 25.3. The predicted octanol–water partition coefficient (Wildman–Crippen LogP) is 3.65. The van der Waals surface area contributed by atoms with E-state index in [2.05, 4.69) is 22.5 Å². The summed E-state index contributed by atoms with van der Waals surface area (Å²) >= 11 is 0. The molecule has 0 radical (unpaired) electrons. The van der Waals surface area contributed by atoms with Gasteiger partial charge in [-0.05, 0) is 80.8 Å². The molecule has 3 saturated heterocycles. The van der Waals surface area contributed by atoms with E-state index in [1.807, 2.05) is 0 Å². The van der Waals surface area contributed by atoms with E-state index in [4.69, 9.17) is 4.74 Å². The summed E-state index contributed by atoms with van der Waals surface area (Å²) < 4.78 is 5.82. The maximum Gasteiger partial charge on any atom is 0.251 e. The molecule has 2 bridgehead atoms. The number of amides is 2. The SMILES string of the molecule is CC(=O)Nc1ccc(Oc2ccc(C(=O)NC3CN4CCC3CC4C)cc2)cc1. The summed E-state index contributed by atoms with van der Waals surface area (Å²) in [5.41, 5.74) is 1.36. The van der Waals surface area contributed by atoms with Crippen molar-refractivity contribution in [2.75, 3.05) is 18.4 Å². The van der Waals surface area contributed by atoms with Gasteiger partial charge in [0.1, 0.15) is 11.5 Å². The van der Waals surface area contributed by atoms with E-state index in [0.717, 1.165) is 18.8 Å². The van der Waals surface area contributed by atoms with Gasteiger partial charge in [-0.25, -0.2) is 0 Å². The molecule has 2 amide bonds. The molecule has 4 unspecified atom stereocenters. The van der Waals surface area contributed by atoms with Gasteiger partial charge < -0.3 is 15.4 Å². The topological polar surface area (TPSA) is 70.7 Å². The molecule has 3 aliphatic rings. The summed E-state index contributed by atoms with van der Waals surface area (Å²) in [6.07, 6.45) is 2.33. The molecule has 29 heavy (non-hydrogen) atoms. The third-order valence-corrected chi connectivity index (χ3v) is 5.90. The Bertz CT molecular complexity index is 879. The molecule has 3 aliphatic heterocycles. The number of ether oxygens (including phenoxy) is 1. The van der Waals surface area contributed by atoms with E-state index in [-0.39, 0.29) is 17.9 Å². The fourth-order valence-corrected chi connectivity index (χ4v) is 4.33. The van der Waals surface area contributed by atoms with Crippen LogP contribution in [0.3, 0.4) is 0 Å². The van der Waals surface area contributed by atoms with Crippen LogP contribution in [0.5, 0.6) is 11.5 Å². The molecule has 2 aromatic rings. The molecule has 0 aliphatic carbocycles. The van der Waals surface area contributed by atoms with Gasteiger partial charge >= 0.3 is 0 Å². The first-order chi connectivity index (χ1) is 14.0. The third-order valence-electron chi connectivity index (χ3n) is 5.90. The minimum absolute atomic E-state index is 0.0254. The van der Waals surface area contributed by atoms with Crippen LogP contribution in [0, 0.1) is 5.92 Å². The zero-order valence-electron chi connectivity index (χ0n) is 16.9. The van der Waals surface area contributed by atoms with Crippen molar-refractivity contribution >= 4 is 17.5 Å². The molecule has 0 saturated carbocycles. The van der Waals surface area contributed by atoms with Crippen LogP contribution in [0.25, 0.3) is 0 Å². The van der Waals surface area contributed by atoms with Gasteiger partial charge in [0.15, 0.2) is 0 Å². The van der Waals surface area contributed by atoms with Crippen molar-refractivity contribution in [2.24, 2.45) is 5.92 Å². The van der Waals surface area contributed by atoms with Gasteiger partial charge in [-0.3, -0.25) is 14.5 Å². The molecule has 0 aromatic heterocycles. The highest BCUT2D eigenvalue weighted by Gasteiger charge is 2.38. The van der Waals surface area contributed by atoms with E-state index in [0.29, 0.717) is 29.0 Å². The minimum atomic E-state index is -0.111. The van der Waals surface area contributed by atoms with E-state index in [1.54, 1.807) is 48.5 Å². The summed E-state index contributed by atoms with van der Waals surface area (Å²) in [5, 5.41) is 5.94. The first-order valence-electron chi connectivity index (χ1n) is 10.2. The van der Waals surface area contributed by atoms with Crippen LogP contribution in [0.2, 0.25) is 0 Å². The van der Waals surface area contributed by atoms with Gasteiger partial charge in [0.2, 0.25) is 5.91 Å². The number of rotatable bonds is 5. The Balaban J connectivity index is 1.34. The molecule has 3 heterocycles. The minimum Gasteiger partial charge on any atom is -0.457 e. The van der Waals surface area contributed by atoms with Crippen LogP contribution in [-0.2, 0) is 4.79 Å². The number of hydrogen-bond donors (Lipinski definition) is 2. The number of fused-ring (bicyclic) bond motifs is 3. The first-order valence-corrected chi connectivity index (χ1v) is 10.2. The standard InChI is InChI=1S/C23H27N3O3/c1-15-13-18-11-12-26(15)14-22(18)25-23(28)17-3-7-20(8-4-17)29-21-9-5-19(6-10-21)24-16(2)27/h3-10,15,18,22H,11-14H2,1-2H3,(H,24,27)(H,25,28). The second kappa shape index (κ2) is 8.25. The summed E-state index contributed by atoms with van der Waals surface area (Å²) in [6.45, 7) is 5.85. The van der Waals surface area contributed by atoms with Crippen molar-refractivity contribution in [3.63, 3.8) is 0 Å². The molecule has 2 N–H and O–H groups in total. The molecular weight excluding hydrogens is 366 g/mol. The highest BCUT2D eigenvalue weighted by molar-refractivity contribution is 5.94. The van der Waals surface area contributed by atoms with Gasteiger partial charge in [0.05, 0.1) is 0 Å². The number of benzene rings is 2. The smallest absolute Gasteiger partial charge is 0.251 e. The van der Waals surface area contributed by atoms with Crippen molar-refractivity contribution < 1.29 is 14.3 Å². The van der Waals surface area contributed by atoms with Gasteiger partial charge in [0.25, 0.3) is 5.91 Å². The van der Waals surface area contributed by atoms with E-state index < -0.39 is 0 Å². The monoisotopic (exact) mass is 393 g/mol. The molecule has 5 rings (SSSR count). The Hall–Kier alpha value is -2.86. The van der Waals surface area contributed by atoms with Crippen LogP contribution in [0.4, 0.5) is 5.69 Å². The van der Waals surface area contributed by atoms with Crippen LogP contribution < -0.4 is 15.4 Å². The number of nitrogens with zero attached hydrogens (tertiary/aromatic N) is 1. The van der Waals surface area contributed by atoms with E-state index in [1.165, 1.54) is 19.8 Å². The number of carbonyl (C=O) groups is 2. The number of hydrogen-bond acceptors (Lipinski definition) is 4.